The highest BCUT2D eigenvalue weighted by Gasteiger charge is 2.12. The van der Waals surface area contributed by atoms with Crippen LogP contribution in [-0.2, 0) is 0 Å². The summed E-state index contributed by atoms with van der Waals surface area (Å²) in [4.78, 5) is 22.3. The monoisotopic (exact) mass is 318 g/mol. The predicted octanol–water partition coefficient (Wildman–Crippen LogP) is 4.32. The van der Waals surface area contributed by atoms with Crippen molar-refractivity contribution in [2.45, 2.75) is 19.4 Å². The van der Waals surface area contributed by atoms with Gasteiger partial charge in [-0.1, -0.05) is 11.6 Å². The molecule has 114 valence electrons. The van der Waals surface area contributed by atoms with Crippen LogP contribution in [0.1, 0.15) is 23.7 Å². The Morgan fingerprint density at radius 3 is 2.32 bits per heavy atom. The number of hydrogen-bond acceptors (Lipinski definition) is 4. The number of nitro groups is 1. The molecule has 0 aliphatic rings. The highest BCUT2D eigenvalue weighted by atomic mass is 35.5. The number of nitrogens with zero attached hydrogens (tertiary/aromatic N) is 1. The molecule has 5 nitrogen and oxygen atoms in total. The molecule has 1 atom stereocenters. The summed E-state index contributed by atoms with van der Waals surface area (Å²) in [5.41, 5.74) is 1.39. The van der Waals surface area contributed by atoms with Crippen molar-refractivity contribution >= 4 is 28.8 Å². The first-order valence-electron chi connectivity index (χ1n) is 6.75. The van der Waals surface area contributed by atoms with Gasteiger partial charge in [-0.2, -0.15) is 0 Å². The van der Waals surface area contributed by atoms with Crippen LogP contribution in [0.3, 0.4) is 0 Å². The minimum atomic E-state index is -0.447. The van der Waals surface area contributed by atoms with Gasteiger partial charge in [0.25, 0.3) is 5.69 Å². The Labute approximate surface area is 133 Å². The van der Waals surface area contributed by atoms with Crippen LogP contribution in [0.5, 0.6) is 0 Å². The summed E-state index contributed by atoms with van der Waals surface area (Å²) in [7, 11) is 0. The van der Waals surface area contributed by atoms with Crippen LogP contribution in [0.2, 0.25) is 5.02 Å². The third kappa shape index (κ3) is 4.30. The Balaban J connectivity index is 1.94. The molecular formula is C16H15ClN2O3. The number of nitro benzene ring substituents is 1. The maximum atomic E-state index is 12.1. The van der Waals surface area contributed by atoms with E-state index in [2.05, 4.69) is 5.32 Å². The fourth-order valence-corrected chi connectivity index (χ4v) is 2.17. The number of carbonyl (C=O) groups excluding carboxylic acids is 1. The molecule has 0 radical (unpaired) electrons. The van der Waals surface area contributed by atoms with Crippen molar-refractivity contribution in [2.24, 2.45) is 0 Å². The van der Waals surface area contributed by atoms with Crippen LogP contribution in [-0.4, -0.2) is 16.7 Å². The number of nitrogens with one attached hydrogen (secondary N) is 1. The van der Waals surface area contributed by atoms with Gasteiger partial charge in [-0.3, -0.25) is 14.9 Å². The lowest BCUT2D eigenvalue weighted by Crippen LogP contribution is -2.19. The molecule has 0 amide bonds. The van der Waals surface area contributed by atoms with Crippen LogP contribution >= 0.6 is 11.6 Å². The van der Waals surface area contributed by atoms with Crippen molar-refractivity contribution < 1.29 is 9.72 Å². The van der Waals surface area contributed by atoms with Gasteiger partial charge >= 0.3 is 0 Å². The number of rotatable bonds is 6. The maximum absolute atomic E-state index is 12.1. The van der Waals surface area contributed by atoms with Crippen LogP contribution in [0, 0.1) is 10.1 Å². The van der Waals surface area contributed by atoms with Gasteiger partial charge in [0.05, 0.1) is 4.92 Å². The van der Waals surface area contributed by atoms with Crippen molar-refractivity contribution in [3.05, 3.63) is 69.2 Å². The number of non-ortho nitro benzene ring substituents is 1. The van der Waals surface area contributed by atoms with E-state index in [4.69, 9.17) is 11.6 Å². The third-order valence-corrected chi connectivity index (χ3v) is 3.40. The van der Waals surface area contributed by atoms with Crippen LogP contribution in [0.4, 0.5) is 11.4 Å². The van der Waals surface area contributed by atoms with Crippen LogP contribution in [0.25, 0.3) is 0 Å². The van der Waals surface area contributed by atoms with Gasteiger partial charge in [-0.15, -0.1) is 0 Å². The predicted molar refractivity (Wildman–Crippen MR) is 86.6 cm³/mol. The molecule has 0 spiro atoms. The van der Waals surface area contributed by atoms with Gasteiger partial charge in [0, 0.05) is 40.9 Å². The lowest BCUT2D eigenvalue weighted by molar-refractivity contribution is -0.384. The lowest BCUT2D eigenvalue weighted by Gasteiger charge is -2.14. The Morgan fingerprint density at radius 1 is 1.18 bits per heavy atom. The van der Waals surface area contributed by atoms with E-state index in [1.807, 2.05) is 6.92 Å². The van der Waals surface area contributed by atoms with E-state index in [1.54, 1.807) is 36.4 Å². The minimum absolute atomic E-state index is 0.0126. The Kier molecular flexibility index (Phi) is 5.12. The van der Waals surface area contributed by atoms with Crippen molar-refractivity contribution in [2.75, 3.05) is 5.32 Å². The first kappa shape index (κ1) is 16.0. The normalized spacial score (nSPS) is 11.7. The van der Waals surface area contributed by atoms with Crippen molar-refractivity contribution in [1.82, 2.24) is 0 Å². The summed E-state index contributed by atoms with van der Waals surface area (Å²) < 4.78 is 0. The quantitative estimate of drug-likeness (QED) is 0.489. The largest absolute Gasteiger partial charge is 0.382 e. The zero-order chi connectivity index (χ0) is 16.1. The fraction of sp³-hybridized carbons (Fsp3) is 0.188. The lowest BCUT2D eigenvalue weighted by atomic mass is 10.0. The molecule has 0 bridgehead atoms. The van der Waals surface area contributed by atoms with Gasteiger partial charge < -0.3 is 5.32 Å². The molecule has 0 fully saturated rings. The molecule has 1 N–H and O–H groups in total. The molecule has 2 aromatic rings. The van der Waals surface area contributed by atoms with Gasteiger partial charge in [0.15, 0.2) is 5.78 Å². The average molecular weight is 319 g/mol. The molecule has 22 heavy (non-hydrogen) atoms. The van der Waals surface area contributed by atoms with Crippen LogP contribution in [0.15, 0.2) is 48.5 Å². The van der Waals surface area contributed by atoms with Crippen LogP contribution < -0.4 is 5.32 Å². The maximum Gasteiger partial charge on any atom is 0.269 e. The zero-order valence-electron chi connectivity index (χ0n) is 12.0. The standard InChI is InChI=1S/C16H15ClN2O3/c1-11(10-16(20)12-2-4-13(17)5-3-12)18-14-6-8-15(9-7-14)19(21)22/h2-9,11,18H,10H2,1H3. The van der Waals surface area contributed by atoms with E-state index < -0.39 is 4.92 Å². The molecule has 6 heteroatoms. The van der Waals surface area contributed by atoms with Crippen molar-refractivity contribution in [1.29, 1.82) is 0 Å². The second kappa shape index (κ2) is 7.04. The topological polar surface area (TPSA) is 72.2 Å². The van der Waals surface area contributed by atoms with E-state index in [1.165, 1.54) is 12.1 Å². The number of benzene rings is 2. The number of anilines is 1. The van der Waals surface area contributed by atoms with Gasteiger partial charge in [0.2, 0.25) is 0 Å². The molecule has 0 saturated heterocycles. The summed E-state index contributed by atoms with van der Waals surface area (Å²) in [5.74, 6) is 0.0126. The van der Waals surface area contributed by atoms with E-state index >= 15 is 0 Å². The summed E-state index contributed by atoms with van der Waals surface area (Å²) in [5, 5.41) is 14.3. The molecule has 1 unspecified atom stereocenters. The van der Waals surface area contributed by atoms with Gasteiger partial charge in [-0.05, 0) is 43.3 Å². The Hall–Kier alpha value is -2.40. The first-order valence-corrected chi connectivity index (χ1v) is 7.13. The molecule has 0 heterocycles. The Bertz CT molecular complexity index is 669. The Morgan fingerprint density at radius 2 is 1.77 bits per heavy atom. The van der Waals surface area contributed by atoms with Crippen molar-refractivity contribution in [3.8, 4) is 0 Å². The first-order chi connectivity index (χ1) is 10.5. The molecular weight excluding hydrogens is 304 g/mol. The van der Waals surface area contributed by atoms with E-state index in [0.29, 0.717) is 17.0 Å². The third-order valence-electron chi connectivity index (χ3n) is 3.15. The second-order valence-electron chi connectivity index (χ2n) is 4.98. The van der Waals surface area contributed by atoms with E-state index in [0.717, 1.165) is 5.69 Å². The number of carbonyl (C=O) groups is 1. The summed E-state index contributed by atoms with van der Waals surface area (Å²) in [6, 6.07) is 12.8. The highest BCUT2D eigenvalue weighted by Crippen LogP contribution is 2.18. The SMILES string of the molecule is CC(CC(=O)c1ccc(Cl)cc1)Nc1ccc([N+](=O)[O-])cc1. The number of hydrogen-bond donors (Lipinski definition) is 1. The molecule has 0 aliphatic heterocycles. The molecule has 0 aromatic heterocycles. The molecule has 0 saturated carbocycles. The van der Waals surface area contributed by atoms with Gasteiger partial charge in [0.1, 0.15) is 0 Å². The number of halogens is 1. The summed E-state index contributed by atoms with van der Waals surface area (Å²) >= 11 is 5.79. The minimum Gasteiger partial charge on any atom is -0.382 e. The molecule has 0 aliphatic carbocycles. The van der Waals surface area contributed by atoms with Gasteiger partial charge in [-0.25, -0.2) is 0 Å². The van der Waals surface area contributed by atoms with Crippen molar-refractivity contribution in [3.63, 3.8) is 0 Å². The number of ketones is 1. The zero-order valence-corrected chi connectivity index (χ0v) is 12.7. The highest BCUT2D eigenvalue weighted by molar-refractivity contribution is 6.30. The average Bonchev–Trinajstić information content (AvgIpc) is 2.48. The number of Topliss-reactive ketones (excluding diaryl/α,β-unsaturated/α-hetero) is 1. The molecule has 2 rings (SSSR count). The fourth-order valence-electron chi connectivity index (χ4n) is 2.05. The summed E-state index contributed by atoms with van der Waals surface area (Å²) in [6.45, 7) is 1.88. The second-order valence-corrected chi connectivity index (χ2v) is 5.42. The molecule has 2 aromatic carbocycles. The smallest absolute Gasteiger partial charge is 0.269 e. The van der Waals surface area contributed by atoms with E-state index in [-0.39, 0.29) is 17.5 Å². The summed E-state index contributed by atoms with van der Waals surface area (Å²) in [6.07, 6.45) is 0.318. The van der Waals surface area contributed by atoms with E-state index in [9.17, 15) is 14.9 Å².